The molecule has 0 bridgehead atoms. The maximum Gasteiger partial charge on any atom is 0.175 e. The number of amidine groups is 1. The van der Waals surface area contributed by atoms with Crippen LogP contribution in [0.1, 0.15) is 11.1 Å². The van der Waals surface area contributed by atoms with Gasteiger partial charge in [0.1, 0.15) is 0 Å². The molecule has 1 unspecified atom stereocenters. The molecule has 118 valence electrons. The quantitative estimate of drug-likeness (QED) is 0.875. The Hall–Kier alpha value is -2.11. The van der Waals surface area contributed by atoms with Gasteiger partial charge in [0.2, 0.25) is 0 Å². The van der Waals surface area contributed by atoms with E-state index in [1.165, 1.54) is 17.3 Å². The second-order valence-corrected chi connectivity index (χ2v) is 6.40. The zero-order chi connectivity index (χ0) is 16.3. The zero-order valence-electron chi connectivity index (χ0n) is 13.0. The second kappa shape index (κ2) is 6.56. The van der Waals surface area contributed by atoms with Crippen LogP contribution in [0, 0.1) is 6.92 Å². The Morgan fingerprint density at radius 3 is 2.78 bits per heavy atom. The van der Waals surface area contributed by atoms with E-state index in [1.807, 2.05) is 54.3 Å². The van der Waals surface area contributed by atoms with Gasteiger partial charge >= 0.3 is 0 Å². The predicted octanol–water partition coefficient (Wildman–Crippen LogP) is 3.46. The lowest BCUT2D eigenvalue weighted by molar-refractivity contribution is -0.0422. The summed E-state index contributed by atoms with van der Waals surface area (Å²) in [5.74, 6) is 1.16. The highest BCUT2D eigenvalue weighted by molar-refractivity contribution is 8.14. The SMILES string of the molecule is C=CCN1C(=Nc2ccccn2)SCC1(O)c1ccc(C)cc1. The van der Waals surface area contributed by atoms with E-state index in [9.17, 15) is 5.11 Å². The zero-order valence-corrected chi connectivity index (χ0v) is 13.8. The lowest BCUT2D eigenvalue weighted by Crippen LogP contribution is -2.45. The van der Waals surface area contributed by atoms with Gasteiger partial charge in [-0.1, -0.05) is 53.7 Å². The van der Waals surface area contributed by atoms with E-state index in [-0.39, 0.29) is 0 Å². The van der Waals surface area contributed by atoms with Crippen LogP contribution in [0.5, 0.6) is 0 Å². The van der Waals surface area contributed by atoms with Crippen molar-refractivity contribution in [2.45, 2.75) is 12.6 Å². The first-order chi connectivity index (χ1) is 11.1. The fourth-order valence-electron chi connectivity index (χ4n) is 2.51. The minimum atomic E-state index is -1.08. The molecule has 1 aromatic carbocycles. The van der Waals surface area contributed by atoms with Crippen LogP contribution in [-0.2, 0) is 5.72 Å². The van der Waals surface area contributed by atoms with Gasteiger partial charge < -0.3 is 10.0 Å². The van der Waals surface area contributed by atoms with E-state index in [2.05, 4.69) is 16.6 Å². The maximum absolute atomic E-state index is 11.2. The predicted molar refractivity (Wildman–Crippen MR) is 95.8 cm³/mol. The van der Waals surface area contributed by atoms with E-state index in [0.29, 0.717) is 18.1 Å². The lowest BCUT2D eigenvalue weighted by atomic mass is 10.0. The average molecular weight is 325 g/mol. The molecule has 1 aromatic heterocycles. The Morgan fingerprint density at radius 2 is 2.13 bits per heavy atom. The minimum Gasteiger partial charge on any atom is -0.366 e. The molecular formula is C18H19N3OS. The molecule has 1 saturated heterocycles. The highest BCUT2D eigenvalue weighted by atomic mass is 32.2. The third kappa shape index (κ3) is 3.16. The van der Waals surface area contributed by atoms with E-state index < -0.39 is 5.72 Å². The van der Waals surface area contributed by atoms with Crippen molar-refractivity contribution in [1.29, 1.82) is 0 Å². The summed E-state index contributed by atoms with van der Waals surface area (Å²) in [4.78, 5) is 10.7. The Bertz CT molecular complexity index is 715. The summed E-state index contributed by atoms with van der Waals surface area (Å²) < 4.78 is 0. The molecule has 0 aliphatic carbocycles. The Kier molecular flexibility index (Phi) is 4.50. The number of benzene rings is 1. The van der Waals surface area contributed by atoms with Gasteiger partial charge in [0, 0.05) is 18.3 Å². The summed E-state index contributed by atoms with van der Waals surface area (Å²) in [6, 6.07) is 13.6. The minimum absolute atomic E-state index is 0.517. The van der Waals surface area contributed by atoms with Crippen molar-refractivity contribution in [3.63, 3.8) is 0 Å². The number of aliphatic imine (C=N–C) groups is 1. The van der Waals surface area contributed by atoms with E-state index in [1.54, 1.807) is 12.3 Å². The van der Waals surface area contributed by atoms with Gasteiger partial charge in [-0.25, -0.2) is 9.98 Å². The fraction of sp³-hybridized carbons (Fsp3) is 0.222. The molecule has 0 amide bonds. The molecule has 0 radical (unpaired) electrons. The Balaban J connectivity index is 1.97. The van der Waals surface area contributed by atoms with Crippen LogP contribution in [0.3, 0.4) is 0 Å². The van der Waals surface area contributed by atoms with Crippen molar-refractivity contribution >= 4 is 22.7 Å². The third-order valence-electron chi connectivity index (χ3n) is 3.77. The molecule has 0 spiro atoms. The molecule has 5 heteroatoms. The molecule has 23 heavy (non-hydrogen) atoms. The van der Waals surface area contributed by atoms with Crippen LogP contribution in [-0.4, -0.2) is 32.5 Å². The molecule has 2 heterocycles. The lowest BCUT2D eigenvalue weighted by Gasteiger charge is -2.33. The number of aromatic nitrogens is 1. The smallest absolute Gasteiger partial charge is 0.175 e. The molecule has 1 fully saturated rings. The monoisotopic (exact) mass is 325 g/mol. The molecule has 2 aromatic rings. The van der Waals surface area contributed by atoms with Crippen molar-refractivity contribution in [3.8, 4) is 0 Å². The molecule has 1 aliphatic heterocycles. The first-order valence-corrected chi connectivity index (χ1v) is 8.42. The van der Waals surface area contributed by atoms with E-state index in [0.717, 1.165) is 10.7 Å². The molecular weight excluding hydrogens is 306 g/mol. The highest BCUT2D eigenvalue weighted by Gasteiger charge is 2.44. The Labute approximate surface area is 140 Å². The second-order valence-electron chi connectivity index (χ2n) is 5.45. The van der Waals surface area contributed by atoms with E-state index in [4.69, 9.17) is 0 Å². The van der Waals surface area contributed by atoms with Gasteiger partial charge in [0.25, 0.3) is 0 Å². The summed E-state index contributed by atoms with van der Waals surface area (Å²) in [6.45, 7) is 6.36. The number of aryl methyl sites for hydroxylation is 1. The van der Waals surface area contributed by atoms with Crippen LogP contribution in [0.25, 0.3) is 0 Å². The molecule has 1 N–H and O–H groups in total. The van der Waals surface area contributed by atoms with Crippen molar-refractivity contribution in [3.05, 3.63) is 72.4 Å². The van der Waals surface area contributed by atoms with Gasteiger partial charge in [-0.3, -0.25) is 0 Å². The maximum atomic E-state index is 11.2. The topological polar surface area (TPSA) is 48.7 Å². The fourth-order valence-corrected chi connectivity index (χ4v) is 3.70. The summed E-state index contributed by atoms with van der Waals surface area (Å²) >= 11 is 1.53. The van der Waals surface area contributed by atoms with Crippen molar-refractivity contribution in [1.82, 2.24) is 9.88 Å². The summed E-state index contributed by atoms with van der Waals surface area (Å²) in [5, 5.41) is 12.0. The Morgan fingerprint density at radius 1 is 1.35 bits per heavy atom. The third-order valence-corrected chi connectivity index (χ3v) is 4.88. The van der Waals surface area contributed by atoms with Crippen molar-refractivity contribution < 1.29 is 5.11 Å². The number of rotatable bonds is 4. The first kappa shape index (κ1) is 15.8. The van der Waals surface area contributed by atoms with Gasteiger partial charge in [-0.2, -0.15) is 0 Å². The standard InChI is InChI=1S/C18H19N3OS/c1-3-12-21-17(20-16-6-4-5-11-19-16)23-13-18(21,22)15-9-7-14(2)8-10-15/h3-11,22H,1,12-13H2,2H3. The van der Waals surface area contributed by atoms with Crippen LogP contribution in [0.2, 0.25) is 0 Å². The van der Waals surface area contributed by atoms with Gasteiger partial charge in [-0.15, -0.1) is 6.58 Å². The van der Waals surface area contributed by atoms with Crippen LogP contribution >= 0.6 is 11.8 Å². The molecule has 0 saturated carbocycles. The number of thioether (sulfide) groups is 1. The normalized spacial score (nSPS) is 22.5. The summed E-state index contributed by atoms with van der Waals surface area (Å²) in [5.41, 5.74) is 0.949. The number of pyridine rings is 1. The van der Waals surface area contributed by atoms with Gasteiger partial charge in [0.15, 0.2) is 16.7 Å². The van der Waals surface area contributed by atoms with Gasteiger partial charge in [0.05, 0.1) is 5.75 Å². The molecule has 3 rings (SSSR count). The summed E-state index contributed by atoms with van der Waals surface area (Å²) in [7, 11) is 0. The summed E-state index contributed by atoms with van der Waals surface area (Å²) in [6.07, 6.45) is 3.49. The molecule has 1 atom stereocenters. The van der Waals surface area contributed by atoms with Crippen molar-refractivity contribution in [2.75, 3.05) is 12.3 Å². The van der Waals surface area contributed by atoms with E-state index >= 15 is 0 Å². The van der Waals surface area contributed by atoms with Crippen LogP contribution < -0.4 is 0 Å². The first-order valence-electron chi connectivity index (χ1n) is 7.44. The van der Waals surface area contributed by atoms with Crippen LogP contribution in [0.4, 0.5) is 5.82 Å². The molecule has 1 aliphatic rings. The highest BCUT2D eigenvalue weighted by Crippen LogP contribution is 2.39. The number of aliphatic hydroxyl groups is 1. The van der Waals surface area contributed by atoms with Crippen LogP contribution in [0.15, 0.2) is 66.3 Å². The molecule has 4 nitrogen and oxygen atoms in total. The number of nitrogens with zero attached hydrogens (tertiary/aromatic N) is 3. The number of hydrogen-bond acceptors (Lipinski definition) is 4. The van der Waals surface area contributed by atoms with Crippen molar-refractivity contribution in [2.24, 2.45) is 4.99 Å². The largest absolute Gasteiger partial charge is 0.366 e. The average Bonchev–Trinajstić information content (AvgIpc) is 2.87. The van der Waals surface area contributed by atoms with Gasteiger partial charge in [-0.05, 0) is 19.1 Å². The number of hydrogen-bond donors (Lipinski definition) is 1.